The molecule has 0 heterocycles. The van der Waals surface area contributed by atoms with Gasteiger partial charge >= 0.3 is 0 Å². The van der Waals surface area contributed by atoms with Crippen molar-refractivity contribution < 1.29 is 34.9 Å². The molecule has 0 radical (unpaired) electrons. The first-order valence-corrected chi connectivity index (χ1v) is 7.60. The Morgan fingerprint density at radius 3 is 1.96 bits per heavy atom. The fourth-order valence-corrected chi connectivity index (χ4v) is 2.90. The molecule has 9 heteroatoms. The molecule has 3 nitrogen and oxygen atoms in total. The smallest absolute Gasteiger partial charge is 0.282 e. The van der Waals surface area contributed by atoms with Gasteiger partial charge in [-0.25, -0.2) is 22.0 Å². The molecule has 23 heavy (non-hydrogen) atoms. The van der Waals surface area contributed by atoms with Crippen molar-refractivity contribution in [2.45, 2.75) is 17.5 Å². The van der Waals surface area contributed by atoms with Crippen molar-refractivity contribution in [3.8, 4) is 0 Å². The fraction of sp³-hybridized carbons (Fsp3) is 0.143. The minimum atomic E-state index is -5.52. The van der Waals surface area contributed by atoms with Gasteiger partial charge in [0, 0.05) is 12.0 Å². The SMILES string of the molecule is O=S(=O)(O)c1c(F)c(F)c(F)c(F)c1C(F)Cc1ccccc1. The van der Waals surface area contributed by atoms with Gasteiger partial charge in [-0.3, -0.25) is 4.55 Å². The van der Waals surface area contributed by atoms with E-state index in [2.05, 4.69) is 0 Å². The molecule has 0 amide bonds. The third-order valence-electron chi connectivity index (χ3n) is 3.09. The van der Waals surface area contributed by atoms with Gasteiger partial charge in [0.1, 0.15) is 11.1 Å². The molecule has 0 aromatic heterocycles. The second-order valence-electron chi connectivity index (χ2n) is 4.63. The Morgan fingerprint density at radius 1 is 0.913 bits per heavy atom. The number of rotatable bonds is 4. The van der Waals surface area contributed by atoms with Gasteiger partial charge in [-0.2, -0.15) is 8.42 Å². The quantitative estimate of drug-likeness (QED) is 0.395. The van der Waals surface area contributed by atoms with Crippen LogP contribution in [0.15, 0.2) is 35.2 Å². The van der Waals surface area contributed by atoms with Crippen LogP contribution < -0.4 is 0 Å². The molecule has 0 aliphatic rings. The van der Waals surface area contributed by atoms with E-state index in [0.717, 1.165) is 0 Å². The first kappa shape index (κ1) is 17.4. The Hall–Kier alpha value is -2.00. The Kier molecular flexibility index (Phi) is 4.71. The highest BCUT2D eigenvalue weighted by atomic mass is 32.2. The van der Waals surface area contributed by atoms with Crippen LogP contribution in [0.25, 0.3) is 0 Å². The summed E-state index contributed by atoms with van der Waals surface area (Å²) in [6.45, 7) is 0. The summed E-state index contributed by atoms with van der Waals surface area (Å²) in [5.74, 6) is -9.40. The van der Waals surface area contributed by atoms with E-state index in [4.69, 9.17) is 4.55 Å². The number of hydrogen-bond acceptors (Lipinski definition) is 2. The van der Waals surface area contributed by atoms with Crippen molar-refractivity contribution in [2.75, 3.05) is 0 Å². The minimum absolute atomic E-state index is 0.269. The van der Waals surface area contributed by atoms with Crippen LogP contribution in [0, 0.1) is 23.3 Å². The molecule has 2 aromatic rings. The van der Waals surface area contributed by atoms with E-state index in [9.17, 15) is 30.4 Å². The van der Waals surface area contributed by atoms with Crippen molar-refractivity contribution in [2.24, 2.45) is 0 Å². The zero-order chi connectivity index (χ0) is 17.4. The number of hydrogen-bond donors (Lipinski definition) is 1. The predicted molar refractivity (Wildman–Crippen MR) is 70.1 cm³/mol. The summed E-state index contributed by atoms with van der Waals surface area (Å²) in [5.41, 5.74) is -1.32. The van der Waals surface area contributed by atoms with Crippen LogP contribution in [0.5, 0.6) is 0 Å². The van der Waals surface area contributed by atoms with Crippen LogP contribution in [0.4, 0.5) is 22.0 Å². The summed E-state index contributed by atoms with van der Waals surface area (Å²) in [6.07, 6.45) is -3.16. The zero-order valence-corrected chi connectivity index (χ0v) is 12.0. The van der Waals surface area contributed by atoms with Crippen LogP contribution in [0.1, 0.15) is 17.3 Å². The Bertz CT molecular complexity index is 837. The molecule has 0 bridgehead atoms. The number of benzene rings is 2. The van der Waals surface area contributed by atoms with Crippen LogP contribution in [-0.4, -0.2) is 13.0 Å². The van der Waals surface area contributed by atoms with Gasteiger partial charge in [0.05, 0.1) is 0 Å². The molecule has 0 spiro atoms. The molecule has 124 valence electrons. The number of alkyl halides is 1. The molecule has 2 rings (SSSR count). The van der Waals surface area contributed by atoms with E-state index >= 15 is 0 Å². The average molecular weight is 352 g/mol. The maximum absolute atomic E-state index is 14.3. The van der Waals surface area contributed by atoms with E-state index in [1.165, 1.54) is 24.3 Å². The largest absolute Gasteiger partial charge is 0.298 e. The predicted octanol–water partition coefficient (Wildman–Crippen LogP) is 3.74. The molecular formula is C14H9F5O3S. The third-order valence-corrected chi connectivity index (χ3v) is 4.00. The highest BCUT2D eigenvalue weighted by molar-refractivity contribution is 7.85. The van der Waals surface area contributed by atoms with Gasteiger partial charge in [0.15, 0.2) is 23.3 Å². The van der Waals surface area contributed by atoms with E-state index in [-0.39, 0.29) is 5.56 Å². The lowest BCUT2D eigenvalue weighted by molar-refractivity contribution is 0.303. The molecule has 0 fully saturated rings. The van der Waals surface area contributed by atoms with Crippen LogP contribution in [0.2, 0.25) is 0 Å². The second kappa shape index (κ2) is 6.25. The zero-order valence-electron chi connectivity index (χ0n) is 11.2. The molecule has 0 aliphatic carbocycles. The molecular weight excluding hydrogens is 343 g/mol. The van der Waals surface area contributed by atoms with Gasteiger partial charge in [-0.05, 0) is 5.56 Å². The first-order valence-electron chi connectivity index (χ1n) is 6.16. The first-order chi connectivity index (χ1) is 10.6. The van der Waals surface area contributed by atoms with E-state index < -0.39 is 56.4 Å². The maximum atomic E-state index is 14.3. The molecule has 0 saturated carbocycles. The topological polar surface area (TPSA) is 54.4 Å². The van der Waals surface area contributed by atoms with Gasteiger partial charge in [-0.15, -0.1) is 0 Å². The molecule has 1 atom stereocenters. The second-order valence-corrected chi connectivity index (χ2v) is 5.99. The summed E-state index contributed by atoms with van der Waals surface area (Å²) < 4.78 is 99.3. The monoisotopic (exact) mass is 352 g/mol. The van der Waals surface area contributed by atoms with E-state index in [1.807, 2.05) is 0 Å². The summed E-state index contributed by atoms with van der Waals surface area (Å²) >= 11 is 0. The highest BCUT2D eigenvalue weighted by Gasteiger charge is 2.35. The standard InChI is InChI=1S/C14H9F5O3S/c15-8(6-7-4-2-1-3-5-7)9-10(16)11(17)12(18)13(19)14(9)23(20,21)22/h1-5,8H,6H2,(H,20,21,22). The summed E-state index contributed by atoms with van der Waals surface area (Å²) in [6, 6.07) is 7.43. The number of halogens is 5. The highest BCUT2D eigenvalue weighted by Crippen LogP contribution is 2.35. The summed E-state index contributed by atoms with van der Waals surface area (Å²) in [5, 5.41) is 0. The summed E-state index contributed by atoms with van der Waals surface area (Å²) in [4.78, 5) is -1.95. The van der Waals surface area contributed by atoms with Crippen LogP contribution >= 0.6 is 0 Å². The van der Waals surface area contributed by atoms with Crippen molar-refractivity contribution in [3.63, 3.8) is 0 Å². The van der Waals surface area contributed by atoms with Gasteiger partial charge in [0.2, 0.25) is 0 Å². The van der Waals surface area contributed by atoms with Crippen molar-refractivity contribution in [3.05, 3.63) is 64.7 Å². The van der Waals surface area contributed by atoms with Gasteiger partial charge in [-0.1, -0.05) is 30.3 Å². The van der Waals surface area contributed by atoms with E-state index in [0.29, 0.717) is 0 Å². The van der Waals surface area contributed by atoms with Crippen molar-refractivity contribution in [1.82, 2.24) is 0 Å². The lowest BCUT2D eigenvalue weighted by atomic mass is 10.0. The Balaban J connectivity index is 2.65. The molecule has 1 unspecified atom stereocenters. The lowest BCUT2D eigenvalue weighted by Crippen LogP contribution is -2.16. The Labute approximate surface area is 128 Å². The molecule has 0 saturated heterocycles. The maximum Gasteiger partial charge on any atom is 0.298 e. The van der Waals surface area contributed by atoms with E-state index in [1.54, 1.807) is 6.07 Å². The van der Waals surface area contributed by atoms with Gasteiger partial charge < -0.3 is 0 Å². The van der Waals surface area contributed by atoms with Crippen LogP contribution in [-0.2, 0) is 16.5 Å². The minimum Gasteiger partial charge on any atom is -0.282 e. The van der Waals surface area contributed by atoms with Crippen molar-refractivity contribution >= 4 is 10.1 Å². The Morgan fingerprint density at radius 2 is 1.43 bits per heavy atom. The third kappa shape index (κ3) is 3.35. The normalized spacial score (nSPS) is 13.1. The summed E-state index contributed by atoms with van der Waals surface area (Å²) in [7, 11) is -5.52. The van der Waals surface area contributed by atoms with Crippen molar-refractivity contribution in [1.29, 1.82) is 0 Å². The lowest BCUT2D eigenvalue weighted by Gasteiger charge is -2.15. The van der Waals surface area contributed by atoms with Gasteiger partial charge in [0.25, 0.3) is 10.1 Å². The molecule has 2 aromatic carbocycles. The molecule has 1 N–H and O–H groups in total. The molecule has 0 aliphatic heterocycles. The fourth-order valence-electron chi connectivity index (χ4n) is 2.08. The van der Waals surface area contributed by atoms with Crippen LogP contribution in [0.3, 0.4) is 0 Å². The average Bonchev–Trinajstić information content (AvgIpc) is 2.48.